The van der Waals surface area contributed by atoms with Gasteiger partial charge in [-0.05, 0) is 17.7 Å². The fourth-order valence-electron chi connectivity index (χ4n) is 1.09. The molecule has 1 nitrogen and oxygen atoms in total. The van der Waals surface area contributed by atoms with E-state index in [4.69, 9.17) is 11.6 Å². The van der Waals surface area contributed by atoms with Crippen LogP contribution in [0, 0.1) is 5.82 Å². The highest BCUT2D eigenvalue weighted by molar-refractivity contribution is 9.09. The Labute approximate surface area is 95.4 Å². The van der Waals surface area contributed by atoms with Gasteiger partial charge in [0.1, 0.15) is 5.82 Å². The SMILES string of the molecule is O=C(CCBr)c1cc(CCl)ccc1F. The molecule has 0 heterocycles. The normalized spacial score (nSPS) is 10.2. The third-order valence-corrected chi connectivity index (χ3v) is 2.51. The Morgan fingerprint density at radius 2 is 2.21 bits per heavy atom. The molecule has 0 bridgehead atoms. The van der Waals surface area contributed by atoms with E-state index in [1.807, 2.05) is 0 Å². The molecule has 0 aliphatic heterocycles. The first kappa shape index (κ1) is 11.7. The van der Waals surface area contributed by atoms with Crippen molar-refractivity contribution in [2.75, 3.05) is 5.33 Å². The Bertz CT molecular complexity index is 341. The van der Waals surface area contributed by atoms with Gasteiger partial charge in [0.05, 0.1) is 5.56 Å². The third-order valence-electron chi connectivity index (χ3n) is 1.81. The summed E-state index contributed by atoms with van der Waals surface area (Å²) in [6.45, 7) is 0. The summed E-state index contributed by atoms with van der Waals surface area (Å²) in [4.78, 5) is 11.4. The number of ketones is 1. The van der Waals surface area contributed by atoms with E-state index in [1.54, 1.807) is 6.07 Å². The molecule has 0 aliphatic carbocycles. The zero-order valence-electron chi connectivity index (χ0n) is 7.40. The summed E-state index contributed by atoms with van der Waals surface area (Å²) in [5.41, 5.74) is 0.883. The zero-order valence-corrected chi connectivity index (χ0v) is 9.74. The van der Waals surface area contributed by atoms with Crippen LogP contribution < -0.4 is 0 Å². The quantitative estimate of drug-likeness (QED) is 0.609. The van der Waals surface area contributed by atoms with Gasteiger partial charge in [0.25, 0.3) is 0 Å². The molecule has 1 aromatic rings. The molecule has 0 radical (unpaired) electrons. The lowest BCUT2D eigenvalue weighted by molar-refractivity contribution is 0.0986. The second-order valence-corrected chi connectivity index (χ2v) is 3.87. The number of halogens is 3. The number of benzene rings is 1. The summed E-state index contributed by atoms with van der Waals surface area (Å²) in [5.74, 6) is -0.398. The van der Waals surface area contributed by atoms with Gasteiger partial charge >= 0.3 is 0 Å². The minimum Gasteiger partial charge on any atom is -0.294 e. The summed E-state index contributed by atoms with van der Waals surface area (Å²) in [7, 11) is 0. The van der Waals surface area contributed by atoms with Crippen molar-refractivity contribution in [3.63, 3.8) is 0 Å². The molecule has 76 valence electrons. The van der Waals surface area contributed by atoms with Crippen molar-refractivity contribution in [3.05, 3.63) is 35.1 Å². The van der Waals surface area contributed by atoms with Crippen LogP contribution in [0.25, 0.3) is 0 Å². The van der Waals surface area contributed by atoms with Crippen LogP contribution in [0.1, 0.15) is 22.3 Å². The number of alkyl halides is 2. The summed E-state index contributed by atoms with van der Waals surface area (Å²) in [6, 6.07) is 4.36. The monoisotopic (exact) mass is 278 g/mol. The maximum atomic E-state index is 13.2. The predicted octanol–water partition coefficient (Wildman–Crippen LogP) is 3.53. The molecular weight excluding hydrogens is 270 g/mol. The molecule has 14 heavy (non-hydrogen) atoms. The van der Waals surface area contributed by atoms with Gasteiger partial charge in [0, 0.05) is 17.6 Å². The van der Waals surface area contributed by atoms with Gasteiger partial charge in [-0.15, -0.1) is 11.6 Å². The van der Waals surface area contributed by atoms with E-state index in [2.05, 4.69) is 15.9 Å². The summed E-state index contributed by atoms with van der Waals surface area (Å²) in [5, 5.41) is 0.538. The van der Waals surface area contributed by atoms with E-state index in [9.17, 15) is 9.18 Å². The van der Waals surface area contributed by atoms with Gasteiger partial charge in [-0.25, -0.2) is 4.39 Å². The largest absolute Gasteiger partial charge is 0.294 e. The minimum absolute atomic E-state index is 0.127. The number of Topliss-reactive ketones (excluding diaryl/α,β-unsaturated/α-hetero) is 1. The molecule has 4 heteroatoms. The van der Waals surface area contributed by atoms with Crippen LogP contribution >= 0.6 is 27.5 Å². The fourth-order valence-corrected chi connectivity index (χ4v) is 1.62. The Kier molecular flexibility index (Phi) is 4.55. The van der Waals surface area contributed by atoms with Crippen molar-refractivity contribution in [2.45, 2.75) is 12.3 Å². The van der Waals surface area contributed by atoms with Gasteiger partial charge in [0.15, 0.2) is 5.78 Å². The summed E-state index contributed by atoms with van der Waals surface area (Å²) in [6.07, 6.45) is 0.294. The van der Waals surface area contributed by atoms with Gasteiger partial charge in [0.2, 0.25) is 0 Å². The second-order valence-electron chi connectivity index (χ2n) is 2.81. The Morgan fingerprint density at radius 1 is 1.50 bits per heavy atom. The highest BCUT2D eigenvalue weighted by Crippen LogP contribution is 2.14. The van der Waals surface area contributed by atoms with Crippen molar-refractivity contribution in [1.82, 2.24) is 0 Å². The van der Waals surface area contributed by atoms with Crippen molar-refractivity contribution in [3.8, 4) is 0 Å². The number of rotatable bonds is 4. The lowest BCUT2D eigenvalue weighted by Crippen LogP contribution is -2.03. The molecule has 0 amide bonds. The van der Waals surface area contributed by atoms with Crippen LogP contribution in [0.5, 0.6) is 0 Å². The van der Waals surface area contributed by atoms with Crippen molar-refractivity contribution in [2.24, 2.45) is 0 Å². The van der Waals surface area contributed by atoms with E-state index in [1.165, 1.54) is 12.1 Å². The average molecular weight is 280 g/mol. The molecule has 0 fully saturated rings. The second kappa shape index (κ2) is 5.47. The molecule has 0 N–H and O–H groups in total. The van der Waals surface area contributed by atoms with E-state index in [0.29, 0.717) is 11.8 Å². The molecule has 1 aromatic carbocycles. The summed E-state index contributed by atoms with van der Waals surface area (Å²) < 4.78 is 13.2. The van der Waals surface area contributed by atoms with Gasteiger partial charge in [-0.1, -0.05) is 22.0 Å². The van der Waals surface area contributed by atoms with Crippen molar-refractivity contribution >= 4 is 33.3 Å². The number of hydrogen-bond acceptors (Lipinski definition) is 1. The van der Waals surface area contributed by atoms with E-state index in [0.717, 1.165) is 5.56 Å². The molecule has 0 spiro atoms. The van der Waals surface area contributed by atoms with Crippen molar-refractivity contribution in [1.29, 1.82) is 0 Å². The highest BCUT2D eigenvalue weighted by atomic mass is 79.9. The standard InChI is InChI=1S/C10H9BrClFO/c11-4-3-10(14)8-5-7(6-12)1-2-9(8)13/h1-2,5H,3-4,6H2. The van der Waals surface area contributed by atoms with E-state index < -0.39 is 5.82 Å². The Morgan fingerprint density at radius 3 is 2.79 bits per heavy atom. The number of carbonyl (C=O) groups excluding carboxylic acids is 1. The predicted molar refractivity (Wildman–Crippen MR) is 58.7 cm³/mol. The molecule has 0 unspecified atom stereocenters. The molecular formula is C10H9BrClFO. The smallest absolute Gasteiger partial charge is 0.166 e. The molecule has 0 aliphatic rings. The topological polar surface area (TPSA) is 17.1 Å². The minimum atomic E-state index is -0.482. The first-order valence-electron chi connectivity index (χ1n) is 4.12. The third kappa shape index (κ3) is 2.79. The zero-order chi connectivity index (χ0) is 10.6. The highest BCUT2D eigenvalue weighted by Gasteiger charge is 2.11. The average Bonchev–Trinajstić information content (AvgIpc) is 2.19. The molecule has 1 rings (SSSR count). The maximum absolute atomic E-state index is 13.2. The van der Waals surface area contributed by atoms with E-state index >= 15 is 0 Å². The lowest BCUT2D eigenvalue weighted by atomic mass is 10.1. The van der Waals surface area contributed by atoms with Crippen LogP contribution in [0.15, 0.2) is 18.2 Å². The number of hydrogen-bond donors (Lipinski definition) is 0. The first-order chi connectivity index (χ1) is 6.69. The van der Waals surface area contributed by atoms with Gasteiger partial charge < -0.3 is 0 Å². The molecule has 0 saturated carbocycles. The van der Waals surface area contributed by atoms with Crippen molar-refractivity contribution < 1.29 is 9.18 Å². The van der Waals surface area contributed by atoms with Crippen LogP contribution in [-0.2, 0) is 5.88 Å². The van der Waals surface area contributed by atoms with Gasteiger partial charge in [-0.2, -0.15) is 0 Å². The van der Waals surface area contributed by atoms with Crippen LogP contribution in [0.4, 0.5) is 4.39 Å². The first-order valence-corrected chi connectivity index (χ1v) is 5.78. The molecule has 0 saturated heterocycles. The maximum Gasteiger partial charge on any atom is 0.166 e. The summed E-state index contributed by atoms with van der Waals surface area (Å²) >= 11 is 8.73. The Hall–Kier alpha value is -0.410. The van der Waals surface area contributed by atoms with Crippen LogP contribution in [0.3, 0.4) is 0 Å². The number of carbonyl (C=O) groups is 1. The molecule has 0 atom stereocenters. The van der Waals surface area contributed by atoms with Gasteiger partial charge in [-0.3, -0.25) is 4.79 Å². The van der Waals surface area contributed by atoms with Crippen LogP contribution in [0.2, 0.25) is 0 Å². The Balaban J connectivity index is 2.99. The van der Waals surface area contributed by atoms with Crippen LogP contribution in [-0.4, -0.2) is 11.1 Å². The lowest BCUT2D eigenvalue weighted by Gasteiger charge is -2.02. The fraction of sp³-hybridized carbons (Fsp3) is 0.300. The van der Waals surface area contributed by atoms with E-state index in [-0.39, 0.29) is 17.2 Å². The molecule has 0 aromatic heterocycles.